The van der Waals surface area contributed by atoms with Crippen molar-refractivity contribution in [2.24, 2.45) is 0 Å². The van der Waals surface area contributed by atoms with Crippen LogP contribution >= 0.6 is 46.6 Å². The number of thioether (sulfide) groups is 1. The minimum absolute atomic E-state index is 0.374. The molecule has 0 aromatic rings. The largest absolute Gasteiger partial charge is 0.461 e. The molecule has 0 spiro atoms. The van der Waals surface area contributed by atoms with Gasteiger partial charge in [0.05, 0.1) is 6.10 Å². The highest BCUT2D eigenvalue weighted by Gasteiger charge is 2.44. The zero-order valence-corrected chi connectivity index (χ0v) is 11.8. The van der Waals surface area contributed by atoms with Crippen LogP contribution in [0.2, 0.25) is 0 Å². The Morgan fingerprint density at radius 3 is 2.18 bits per heavy atom. The molecule has 100 valence electrons. The molecule has 1 rings (SSSR count). The van der Waals surface area contributed by atoms with Gasteiger partial charge in [-0.3, -0.25) is 5.41 Å². The van der Waals surface area contributed by atoms with Crippen molar-refractivity contribution in [3.05, 3.63) is 0 Å². The van der Waals surface area contributed by atoms with Gasteiger partial charge in [0, 0.05) is 5.25 Å². The topological polar surface area (TPSA) is 93.8 Å². The van der Waals surface area contributed by atoms with E-state index < -0.39 is 33.4 Å². The van der Waals surface area contributed by atoms with Crippen LogP contribution in [0.1, 0.15) is 6.92 Å². The van der Waals surface area contributed by atoms with Gasteiger partial charge in [-0.2, -0.15) is 0 Å². The first-order valence-corrected chi connectivity index (χ1v) is 6.74. The van der Waals surface area contributed by atoms with Crippen LogP contribution < -0.4 is 0 Å². The zero-order valence-electron chi connectivity index (χ0n) is 8.68. The standard InChI is InChI=1S/C8H12Cl3NO4S/c1-2-3(13)4(14)5(15)6(17-2)16-7(12)8(9,10)11/h2-6,12-15H,1H3/t2-,3+,4+,5-,6?/m1/s1. The summed E-state index contributed by atoms with van der Waals surface area (Å²) in [7, 11) is 0. The molecular weight excluding hydrogens is 313 g/mol. The summed E-state index contributed by atoms with van der Waals surface area (Å²) in [5.41, 5.74) is -0.966. The van der Waals surface area contributed by atoms with Crippen LogP contribution in [0.3, 0.4) is 0 Å². The molecule has 0 radical (unpaired) electrons. The maximum atomic E-state index is 9.66. The maximum absolute atomic E-state index is 9.66. The first-order valence-electron chi connectivity index (χ1n) is 4.66. The van der Waals surface area contributed by atoms with Crippen molar-refractivity contribution < 1.29 is 20.1 Å². The predicted molar refractivity (Wildman–Crippen MR) is 68.0 cm³/mol. The Balaban J connectivity index is 2.69. The molecule has 5 nitrogen and oxygen atoms in total. The molecule has 0 aromatic heterocycles. The number of aliphatic hydroxyl groups excluding tert-OH is 3. The summed E-state index contributed by atoms with van der Waals surface area (Å²) in [4.78, 5) is 0. The Hall–Kier alpha value is 0.570. The number of halogens is 3. The van der Waals surface area contributed by atoms with E-state index in [2.05, 4.69) is 0 Å². The lowest BCUT2D eigenvalue weighted by molar-refractivity contribution is -0.0886. The van der Waals surface area contributed by atoms with Crippen molar-refractivity contribution >= 4 is 52.5 Å². The molecule has 1 saturated heterocycles. The number of nitrogens with one attached hydrogen (secondary N) is 1. The van der Waals surface area contributed by atoms with Crippen LogP contribution in [0.4, 0.5) is 0 Å². The Labute approximate surface area is 118 Å². The van der Waals surface area contributed by atoms with E-state index in [0.717, 1.165) is 11.8 Å². The van der Waals surface area contributed by atoms with Gasteiger partial charge >= 0.3 is 0 Å². The molecule has 17 heavy (non-hydrogen) atoms. The second kappa shape index (κ2) is 5.69. The van der Waals surface area contributed by atoms with E-state index in [-0.39, 0.29) is 5.25 Å². The van der Waals surface area contributed by atoms with E-state index in [1.807, 2.05) is 0 Å². The van der Waals surface area contributed by atoms with Gasteiger partial charge in [-0.1, -0.05) is 41.7 Å². The van der Waals surface area contributed by atoms with Crippen molar-refractivity contribution in [3.8, 4) is 0 Å². The fourth-order valence-electron chi connectivity index (χ4n) is 1.29. The smallest absolute Gasteiger partial charge is 0.265 e. The number of hydrogen-bond acceptors (Lipinski definition) is 6. The number of hydrogen-bond donors (Lipinski definition) is 4. The number of rotatable bonds is 1. The third-order valence-electron chi connectivity index (χ3n) is 2.30. The van der Waals surface area contributed by atoms with Crippen LogP contribution in [0, 0.1) is 5.41 Å². The second-order valence-corrected chi connectivity index (χ2v) is 7.39. The van der Waals surface area contributed by atoms with Crippen molar-refractivity contribution in [1.29, 1.82) is 5.41 Å². The van der Waals surface area contributed by atoms with Crippen LogP contribution in [-0.4, -0.2) is 54.0 Å². The van der Waals surface area contributed by atoms with Gasteiger partial charge in [0.25, 0.3) is 3.79 Å². The molecule has 9 heteroatoms. The van der Waals surface area contributed by atoms with Crippen LogP contribution in [-0.2, 0) is 4.74 Å². The summed E-state index contributed by atoms with van der Waals surface area (Å²) in [6.45, 7) is 1.65. The molecule has 0 aliphatic carbocycles. The van der Waals surface area contributed by atoms with E-state index in [1.54, 1.807) is 6.92 Å². The molecule has 4 N–H and O–H groups in total. The summed E-state index contributed by atoms with van der Waals surface area (Å²) in [5, 5.41) is 35.7. The predicted octanol–water partition coefficient (Wildman–Crippen LogP) is 0.895. The Morgan fingerprint density at radius 2 is 1.71 bits per heavy atom. The van der Waals surface area contributed by atoms with Gasteiger partial charge in [0.15, 0.2) is 5.44 Å². The lowest BCUT2D eigenvalue weighted by Gasteiger charge is -2.38. The van der Waals surface area contributed by atoms with E-state index in [1.165, 1.54) is 0 Å². The maximum Gasteiger partial charge on any atom is 0.265 e. The quantitative estimate of drug-likeness (QED) is 0.327. The Morgan fingerprint density at radius 1 is 1.18 bits per heavy atom. The number of aliphatic hydroxyl groups is 3. The molecule has 5 atom stereocenters. The summed E-state index contributed by atoms with van der Waals surface area (Å²) >= 11 is 17.3. The van der Waals surface area contributed by atoms with Gasteiger partial charge < -0.3 is 20.1 Å². The molecule has 1 aliphatic rings. The van der Waals surface area contributed by atoms with Crippen molar-refractivity contribution in [3.63, 3.8) is 0 Å². The fraction of sp³-hybridized carbons (Fsp3) is 0.875. The third kappa shape index (κ3) is 3.76. The molecule has 0 aromatic carbocycles. The average Bonchev–Trinajstić information content (AvgIpc) is 2.21. The lowest BCUT2D eigenvalue weighted by atomic mass is 10.1. The monoisotopic (exact) mass is 323 g/mol. The van der Waals surface area contributed by atoms with Gasteiger partial charge in [-0.05, 0) is 0 Å². The Bertz CT molecular complexity index is 301. The van der Waals surface area contributed by atoms with Crippen molar-refractivity contribution in [2.75, 3.05) is 0 Å². The van der Waals surface area contributed by atoms with E-state index in [0.29, 0.717) is 0 Å². The summed E-state index contributed by atoms with van der Waals surface area (Å²) < 4.78 is 2.96. The molecular formula is C8H12Cl3NO4S. The molecule has 1 aliphatic heterocycles. The molecule has 1 heterocycles. The first kappa shape index (κ1) is 15.6. The second-order valence-electron chi connectivity index (χ2n) is 3.63. The van der Waals surface area contributed by atoms with E-state index in [9.17, 15) is 15.3 Å². The summed E-state index contributed by atoms with van der Waals surface area (Å²) in [6.07, 6.45) is -3.80. The molecule has 0 saturated carbocycles. The summed E-state index contributed by atoms with van der Waals surface area (Å²) in [5.74, 6) is -0.644. The van der Waals surface area contributed by atoms with Gasteiger partial charge in [-0.15, -0.1) is 11.8 Å². The number of ether oxygens (including phenoxy) is 1. The SMILES string of the molecule is C[C@H]1SC(OC(=N)C(Cl)(Cl)Cl)[C@H](O)[C@@H](O)[C@H]1O. The summed E-state index contributed by atoms with van der Waals surface area (Å²) in [6, 6.07) is 0. The zero-order chi connectivity index (χ0) is 13.4. The molecule has 1 fully saturated rings. The van der Waals surface area contributed by atoms with Gasteiger partial charge in [-0.25, -0.2) is 0 Å². The van der Waals surface area contributed by atoms with E-state index >= 15 is 0 Å². The first-order chi connectivity index (χ1) is 7.64. The normalized spacial score (nSPS) is 38.9. The highest BCUT2D eigenvalue weighted by Crippen LogP contribution is 2.36. The fourth-order valence-corrected chi connectivity index (χ4v) is 2.65. The Kier molecular flexibility index (Phi) is 5.23. The minimum atomic E-state index is -2.02. The third-order valence-corrected chi connectivity index (χ3v) is 4.17. The van der Waals surface area contributed by atoms with Crippen LogP contribution in [0.25, 0.3) is 0 Å². The lowest BCUT2D eigenvalue weighted by Crippen LogP contribution is -2.53. The van der Waals surface area contributed by atoms with Crippen molar-refractivity contribution in [1.82, 2.24) is 0 Å². The van der Waals surface area contributed by atoms with Crippen LogP contribution in [0.15, 0.2) is 0 Å². The van der Waals surface area contributed by atoms with E-state index in [4.69, 9.17) is 44.9 Å². The average molecular weight is 325 g/mol. The number of alkyl halides is 3. The van der Waals surface area contributed by atoms with Crippen LogP contribution in [0.5, 0.6) is 0 Å². The minimum Gasteiger partial charge on any atom is -0.461 e. The van der Waals surface area contributed by atoms with Gasteiger partial charge in [0.1, 0.15) is 12.2 Å². The highest BCUT2D eigenvalue weighted by atomic mass is 35.6. The molecule has 0 amide bonds. The molecule has 0 bridgehead atoms. The van der Waals surface area contributed by atoms with Crippen molar-refractivity contribution in [2.45, 2.75) is 39.7 Å². The highest BCUT2D eigenvalue weighted by molar-refractivity contribution is 8.00. The van der Waals surface area contributed by atoms with Gasteiger partial charge in [0.2, 0.25) is 5.90 Å². The molecule has 1 unspecified atom stereocenters.